The Bertz CT molecular complexity index is 952. The summed E-state index contributed by atoms with van der Waals surface area (Å²) >= 11 is 8.45. The molecule has 0 heterocycles. The van der Waals surface area contributed by atoms with E-state index in [2.05, 4.69) is 39.0 Å². The van der Waals surface area contributed by atoms with Gasteiger partial charge >= 0.3 is 0 Å². The van der Waals surface area contributed by atoms with Gasteiger partial charge in [-0.3, -0.25) is 25.8 Å². The third-order valence-electron chi connectivity index (χ3n) is 4.40. The molecule has 2 rings (SSSR count). The van der Waals surface area contributed by atoms with Gasteiger partial charge < -0.3 is 9.47 Å². The van der Waals surface area contributed by atoms with Crippen molar-refractivity contribution in [1.82, 2.24) is 16.2 Å². The molecule has 0 bridgehead atoms. The molecule has 0 spiro atoms. The average Bonchev–Trinajstić information content (AvgIpc) is 2.74. The monoisotopic (exact) mass is 507 g/mol. The summed E-state index contributed by atoms with van der Waals surface area (Å²) in [5.74, 6) is 0.203. The molecule has 0 aromatic heterocycles. The Morgan fingerprint density at radius 3 is 2.58 bits per heavy atom. The molecule has 0 radical (unpaired) electrons. The van der Waals surface area contributed by atoms with Gasteiger partial charge in [0.1, 0.15) is 11.5 Å². The summed E-state index contributed by atoms with van der Waals surface area (Å²) in [5.41, 5.74) is 7.28. The number of hydrogen-bond donors (Lipinski definition) is 3. The Kier molecular flexibility index (Phi) is 9.74. The zero-order valence-electron chi connectivity index (χ0n) is 17.7. The lowest BCUT2D eigenvalue weighted by atomic mass is 10.1. The van der Waals surface area contributed by atoms with E-state index in [-0.39, 0.29) is 11.7 Å². The van der Waals surface area contributed by atoms with Crippen LogP contribution < -0.4 is 25.6 Å². The van der Waals surface area contributed by atoms with Gasteiger partial charge in [0.15, 0.2) is 11.7 Å². The van der Waals surface area contributed by atoms with Crippen molar-refractivity contribution in [3.63, 3.8) is 0 Å². The molecule has 0 unspecified atom stereocenters. The van der Waals surface area contributed by atoms with Crippen LogP contribution >= 0.6 is 28.1 Å². The molecule has 0 fully saturated rings. The summed E-state index contributed by atoms with van der Waals surface area (Å²) in [6, 6.07) is 10.8. The van der Waals surface area contributed by atoms with Crippen LogP contribution in [0.4, 0.5) is 0 Å². The van der Waals surface area contributed by atoms with Crippen LogP contribution in [0.1, 0.15) is 41.3 Å². The molecule has 2 amide bonds. The predicted octanol–water partition coefficient (Wildman–Crippen LogP) is 3.96. The highest BCUT2D eigenvalue weighted by molar-refractivity contribution is 9.10. The zero-order valence-corrected chi connectivity index (χ0v) is 20.1. The van der Waals surface area contributed by atoms with Crippen LogP contribution in [0.3, 0.4) is 0 Å². The van der Waals surface area contributed by atoms with Crippen molar-refractivity contribution in [2.45, 2.75) is 33.6 Å². The van der Waals surface area contributed by atoms with Crippen LogP contribution in [0.15, 0.2) is 40.9 Å². The van der Waals surface area contributed by atoms with E-state index in [9.17, 15) is 9.59 Å². The number of hydrogen-bond acceptors (Lipinski definition) is 5. The highest BCUT2D eigenvalue weighted by Crippen LogP contribution is 2.23. The van der Waals surface area contributed by atoms with Crippen molar-refractivity contribution in [2.24, 2.45) is 0 Å². The maximum absolute atomic E-state index is 12.6. The van der Waals surface area contributed by atoms with Crippen LogP contribution in [0.5, 0.6) is 11.5 Å². The first kappa shape index (κ1) is 24.6. The van der Waals surface area contributed by atoms with Gasteiger partial charge in [0.2, 0.25) is 0 Å². The van der Waals surface area contributed by atoms with E-state index >= 15 is 0 Å². The number of benzene rings is 2. The second-order valence-electron chi connectivity index (χ2n) is 6.79. The van der Waals surface area contributed by atoms with Crippen molar-refractivity contribution in [1.29, 1.82) is 0 Å². The summed E-state index contributed by atoms with van der Waals surface area (Å²) in [6.07, 6.45) is 1.87. The minimum Gasteiger partial charge on any atom is -0.493 e. The smallest absolute Gasteiger partial charge is 0.276 e. The molecule has 9 heteroatoms. The first-order valence-electron chi connectivity index (χ1n) is 9.83. The summed E-state index contributed by atoms with van der Waals surface area (Å²) in [4.78, 5) is 24.6. The van der Waals surface area contributed by atoms with Crippen LogP contribution in [0, 0.1) is 13.8 Å². The molecule has 0 saturated carbocycles. The van der Waals surface area contributed by atoms with E-state index in [1.165, 1.54) is 0 Å². The minimum atomic E-state index is -0.453. The molecule has 0 aliphatic heterocycles. The number of thiocarbonyl (C=S) groups is 1. The Balaban J connectivity index is 1.85. The van der Waals surface area contributed by atoms with Crippen molar-refractivity contribution < 1.29 is 19.1 Å². The van der Waals surface area contributed by atoms with Crippen molar-refractivity contribution in [3.8, 4) is 11.5 Å². The molecule has 0 aliphatic rings. The lowest BCUT2D eigenvalue weighted by molar-refractivity contribution is -0.123. The van der Waals surface area contributed by atoms with Gasteiger partial charge in [0.25, 0.3) is 11.8 Å². The normalized spacial score (nSPS) is 10.2. The minimum absolute atomic E-state index is 0.0513. The molecule has 2 aromatic carbocycles. The number of aryl methyl sites for hydroxylation is 1. The van der Waals surface area contributed by atoms with Crippen LogP contribution in [0.25, 0.3) is 0 Å². The first-order chi connectivity index (χ1) is 14.8. The van der Waals surface area contributed by atoms with Gasteiger partial charge in [-0.25, -0.2) is 0 Å². The topological polar surface area (TPSA) is 88.7 Å². The van der Waals surface area contributed by atoms with E-state index in [0.717, 1.165) is 28.4 Å². The highest BCUT2D eigenvalue weighted by atomic mass is 79.9. The number of carbonyl (C=O) groups is 2. The Labute approximate surface area is 196 Å². The van der Waals surface area contributed by atoms with Crippen molar-refractivity contribution in [3.05, 3.63) is 57.6 Å². The number of hydrazine groups is 1. The lowest BCUT2D eigenvalue weighted by Gasteiger charge is -2.14. The molecule has 0 saturated heterocycles. The number of nitrogens with one attached hydrogen (secondary N) is 3. The number of amides is 2. The standard InChI is InChI=1S/C22H26BrN3O4S/c1-4-5-11-29-19-10-9-16(23)12-17(19)21(28)24-22(31)26-25-20(27)13-30-18-8-6-7-14(2)15(18)3/h6-10,12H,4-5,11,13H2,1-3H3,(H,25,27)(H2,24,26,28,31). The largest absolute Gasteiger partial charge is 0.493 e. The molecule has 7 nitrogen and oxygen atoms in total. The van der Waals surface area contributed by atoms with E-state index in [4.69, 9.17) is 21.7 Å². The molecular formula is C22H26BrN3O4S. The third-order valence-corrected chi connectivity index (χ3v) is 5.10. The van der Waals surface area contributed by atoms with E-state index in [0.29, 0.717) is 23.7 Å². The fourth-order valence-corrected chi connectivity index (χ4v) is 3.02. The SMILES string of the molecule is CCCCOc1ccc(Br)cc1C(=O)NC(=S)NNC(=O)COc1cccc(C)c1C. The molecule has 3 N–H and O–H groups in total. The second-order valence-corrected chi connectivity index (χ2v) is 8.11. The fraction of sp³-hybridized carbons (Fsp3) is 0.318. The van der Waals surface area contributed by atoms with Gasteiger partial charge in [-0.15, -0.1) is 0 Å². The van der Waals surface area contributed by atoms with E-state index in [1.54, 1.807) is 24.3 Å². The van der Waals surface area contributed by atoms with Gasteiger partial charge in [0, 0.05) is 4.47 Å². The highest BCUT2D eigenvalue weighted by Gasteiger charge is 2.15. The molecule has 0 atom stereocenters. The van der Waals surface area contributed by atoms with E-state index < -0.39 is 11.8 Å². The third kappa shape index (κ3) is 7.84. The quantitative estimate of drug-likeness (QED) is 0.284. The van der Waals surface area contributed by atoms with Gasteiger partial charge in [0.05, 0.1) is 12.2 Å². The maximum atomic E-state index is 12.6. The van der Waals surface area contributed by atoms with E-state index in [1.807, 2.05) is 26.0 Å². The molecule has 0 aliphatic carbocycles. The first-order valence-corrected chi connectivity index (χ1v) is 11.0. The zero-order chi connectivity index (χ0) is 22.8. The molecule has 31 heavy (non-hydrogen) atoms. The van der Waals surface area contributed by atoms with Crippen LogP contribution in [0.2, 0.25) is 0 Å². The number of carbonyl (C=O) groups excluding carboxylic acids is 2. The maximum Gasteiger partial charge on any atom is 0.276 e. The van der Waals surface area contributed by atoms with Crippen LogP contribution in [-0.4, -0.2) is 30.1 Å². The van der Waals surface area contributed by atoms with Crippen molar-refractivity contribution >= 4 is 45.1 Å². The Morgan fingerprint density at radius 1 is 1.06 bits per heavy atom. The summed E-state index contributed by atoms with van der Waals surface area (Å²) in [6.45, 7) is 6.26. The van der Waals surface area contributed by atoms with Crippen molar-refractivity contribution in [2.75, 3.05) is 13.2 Å². The second kappa shape index (κ2) is 12.3. The van der Waals surface area contributed by atoms with Gasteiger partial charge in [-0.05, 0) is 67.9 Å². The number of ether oxygens (including phenoxy) is 2. The Morgan fingerprint density at radius 2 is 1.84 bits per heavy atom. The molecular weight excluding hydrogens is 482 g/mol. The number of halogens is 1. The summed E-state index contributed by atoms with van der Waals surface area (Å²) in [7, 11) is 0. The van der Waals surface area contributed by atoms with Crippen LogP contribution in [-0.2, 0) is 4.79 Å². The summed E-state index contributed by atoms with van der Waals surface area (Å²) in [5, 5.41) is 2.47. The van der Waals surface area contributed by atoms with Gasteiger partial charge in [-0.1, -0.05) is 41.4 Å². The lowest BCUT2D eigenvalue weighted by Crippen LogP contribution is -2.49. The van der Waals surface area contributed by atoms with Gasteiger partial charge in [-0.2, -0.15) is 0 Å². The molecule has 166 valence electrons. The Hall–Kier alpha value is -2.65. The summed E-state index contributed by atoms with van der Waals surface area (Å²) < 4.78 is 12.0. The number of rotatable bonds is 8. The number of unbranched alkanes of at least 4 members (excludes halogenated alkanes) is 1. The predicted molar refractivity (Wildman–Crippen MR) is 127 cm³/mol. The fourth-order valence-electron chi connectivity index (χ4n) is 2.52. The molecule has 2 aromatic rings. The average molecular weight is 508 g/mol.